The third-order valence-electron chi connectivity index (χ3n) is 4.30. The Balaban J connectivity index is 1.73. The summed E-state index contributed by atoms with van der Waals surface area (Å²) in [6.45, 7) is 2.11. The summed E-state index contributed by atoms with van der Waals surface area (Å²) < 4.78 is 0. The lowest BCUT2D eigenvalue weighted by Crippen LogP contribution is -2.23. The molecule has 2 heterocycles. The van der Waals surface area contributed by atoms with Gasteiger partial charge in [-0.25, -0.2) is 0 Å². The first kappa shape index (κ1) is 11.5. The highest BCUT2D eigenvalue weighted by Crippen LogP contribution is 2.47. The molecule has 2 fully saturated rings. The van der Waals surface area contributed by atoms with Gasteiger partial charge in [-0.15, -0.1) is 10.2 Å². The maximum absolute atomic E-state index is 9.93. The maximum Gasteiger partial charge on any atom is 0.169 e. The number of phenolic OH excluding ortho intramolecular Hbond substituents is 1. The molecule has 0 amide bonds. The highest BCUT2D eigenvalue weighted by molar-refractivity contribution is 5.74. The van der Waals surface area contributed by atoms with Crippen LogP contribution in [-0.4, -0.2) is 28.4 Å². The molecule has 0 unspecified atom stereocenters. The number of benzene rings is 1. The predicted molar refractivity (Wildman–Crippen MR) is 77.4 cm³/mol. The predicted octanol–water partition coefficient (Wildman–Crippen LogP) is 1.89. The van der Waals surface area contributed by atoms with Crippen LogP contribution in [0.3, 0.4) is 0 Å². The second kappa shape index (κ2) is 4.10. The fourth-order valence-electron chi connectivity index (χ4n) is 3.06. The Kier molecular flexibility index (Phi) is 2.36. The van der Waals surface area contributed by atoms with E-state index in [4.69, 9.17) is 5.73 Å². The van der Waals surface area contributed by atoms with Gasteiger partial charge < -0.3 is 15.7 Å². The summed E-state index contributed by atoms with van der Waals surface area (Å²) in [6, 6.07) is 9.08. The zero-order chi connectivity index (χ0) is 13.7. The van der Waals surface area contributed by atoms with E-state index in [1.165, 1.54) is 6.42 Å². The number of para-hydroxylation sites is 1. The summed E-state index contributed by atoms with van der Waals surface area (Å²) in [5.74, 6) is 2.33. The van der Waals surface area contributed by atoms with Gasteiger partial charge in [-0.1, -0.05) is 12.1 Å². The van der Waals surface area contributed by atoms with E-state index >= 15 is 0 Å². The number of fused-ring (bicyclic) bond motifs is 1. The molecule has 1 aliphatic carbocycles. The minimum absolute atomic E-state index is 0.210. The first-order valence-corrected chi connectivity index (χ1v) is 6.89. The minimum Gasteiger partial charge on any atom is -0.507 e. The third-order valence-corrected chi connectivity index (χ3v) is 4.30. The maximum atomic E-state index is 9.93. The Morgan fingerprint density at radius 1 is 1.15 bits per heavy atom. The zero-order valence-electron chi connectivity index (χ0n) is 11.0. The number of piperidine rings is 1. The lowest BCUT2D eigenvalue weighted by Gasteiger charge is -2.21. The number of rotatable bonds is 2. The largest absolute Gasteiger partial charge is 0.507 e. The number of aromatic hydroxyl groups is 1. The fraction of sp³-hybridized carbons (Fsp3) is 0.333. The van der Waals surface area contributed by atoms with Crippen LogP contribution in [0.1, 0.15) is 6.42 Å². The van der Waals surface area contributed by atoms with Crippen LogP contribution in [-0.2, 0) is 0 Å². The van der Waals surface area contributed by atoms with E-state index in [9.17, 15) is 5.11 Å². The molecule has 3 N–H and O–H groups in total. The van der Waals surface area contributed by atoms with Crippen LogP contribution in [0.5, 0.6) is 5.75 Å². The van der Waals surface area contributed by atoms with E-state index < -0.39 is 0 Å². The Bertz CT molecular complexity index is 663. The van der Waals surface area contributed by atoms with Crippen molar-refractivity contribution in [2.75, 3.05) is 23.7 Å². The van der Waals surface area contributed by atoms with Gasteiger partial charge in [0.2, 0.25) is 0 Å². The standard InChI is InChI=1S/C15H16N4O/c16-15-13(19-7-9-5-10(9)8-19)6-12(17-18-15)11-3-1-2-4-14(11)20/h1-4,6,9-10,20H,5,7-8H2,(H2,16,18)/t9-,10+. The number of hydrogen-bond acceptors (Lipinski definition) is 5. The minimum atomic E-state index is 0.210. The molecule has 1 saturated carbocycles. The van der Waals surface area contributed by atoms with Crippen LogP contribution in [0.2, 0.25) is 0 Å². The van der Waals surface area contributed by atoms with E-state index in [0.717, 1.165) is 30.6 Å². The SMILES string of the molecule is Nc1nnc(-c2ccccc2O)cc1N1C[C@H]2C[C@H]2C1. The van der Waals surface area contributed by atoms with E-state index in [2.05, 4.69) is 15.1 Å². The second-order valence-electron chi connectivity index (χ2n) is 5.68. The Labute approximate surface area is 117 Å². The Morgan fingerprint density at radius 3 is 2.65 bits per heavy atom. The van der Waals surface area contributed by atoms with Crippen LogP contribution in [0, 0.1) is 11.8 Å². The third kappa shape index (κ3) is 1.78. The van der Waals surface area contributed by atoms with Gasteiger partial charge in [0.05, 0.1) is 11.4 Å². The summed E-state index contributed by atoms with van der Waals surface area (Å²) in [7, 11) is 0. The fourth-order valence-corrected chi connectivity index (χ4v) is 3.06. The number of nitrogens with zero attached hydrogens (tertiary/aromatic N) is 3. The van der Waals surface area contributed by atoms with E-state index in [0.29, 0.717) is 17.1 Å². The van der Waals surface area contributed by atoms with Crippen molar-refractivity contribution < 1.29 is 5.11 Å². The topological polar surface area (TPSA) is 75.3 Å². The number of phenols is 1. The summed E-state index contributed by atoms with van der Waals surface area (Å²) in [5.41, 5.74) is 8.25. The van der Waals surface area contributed by atoms with Crippen molar-refractivity contribution in [3.63, 3.8) is 0 Å². The molecule has 4 rings (SSSR count). The molecular weight excluding hydrogens is 252 g/mol. The van der Waals surface area contributed by atoms with Gasteiger partial charge in [0.1, 0.15) is 5.75 Å². The smallest absolute Gasteiger partial charge is 0.169 e. The van der Waals surface area contributed by atoms with Crippen molar-refractivity contribution in [1.82, 2.24) is 10.2 Å². The van der Waals surface area contributed by atoms with Crippen molar-refractivity contribution in [2.45, 2.75) is 6.42 Å². The van der Waals surface area contributed by atoms with Crippen LogP contribution >= 0.6 is 0 Å². The van der Waals surface area contributed by atoms with E-state index in [1.807, 2.05) is 18.2 Å². The Hall–Kier alpha value is -2.30. The van der Waals surface area contributed by atoms with Crippen LogP contribution in [0.25, 0.3) is 11.3 Å². The number of nitrogen functional groups attached to an aromatic ring is 1. The molecule has 1 aliphatic heterocycles. The lowest BCUT2D eigenvalue weighted by atomic mass is 10.1. The number of hydrogen-bond donors (Lipinski definition) is 2. The van der Waals surface area contributed by atoms with Gasteiger partial charge in [-0.05, 0) is 36.5 Å². The van der Waals surface area contributed by atoms with Crippen molar-refractivity contribution in [2.24, 2.45) is 11.8 Å². The normalized spacial score (nSPS) is 23.7. The average Bonchev–Trinajstić information content (AvgIpc) is 3.07. The number of nitrogens with two attached hydrogens (primary N) is 1. The number of aromatic nitrogens is 2. The molecule has 0 bridgehead atoms. The van der Waals surface area contributed by atoms with Gasteiger partial charge in [-0.2, -0.15) is 0 Å². The molecule has 20 heavy (non-hydrogen) atoms. The first-order chi connectivity index (χ1) is 9.72. The summed E-state index contributed by atoms with van der Waals surface area (Å²) in [4.78, 5) is 2.28. The molecule has 102 valence electrons. The number of anilines is 2. The quantitative estimate of drug-likeness (QED) is 0.870. The molecule has 1 aromatic heterocycles. The van der Waals surface area contributed by atoms with E-state index in [-0.39, 0.29) is 5.75 Å². The molecular formula is C15H16N4O. The zero-order valence-corrected chi connectivity index (χ0v) is 11.0. The first-order valence-electron chi connectivity index (χ1n) is 6.89. The summed E-state index contributed by atoms with van der Waals surface area (Å²) in [5, 5.41) is 18.1. The van der Waals surface area contributed by atoms with Crippen molar-refractivity contribution >= 4 is 11.5 Å². The molecule has 1 saturated heterocycles. The molecule has 2 aliphatic rings. The molecule has 0 spiro atoms. The lowest BCUT2D eigenvalue weighted by molar-refractivity contribution is 0.477. The van der Waals surface area contributed by atoms with Crippen LogP contribution in [0.15, 0.2) is 30.3 Å². The highest BCUT2D eigenvalue weighted by Gasteiger charge is 2.45. The van der Waals surface area contributed by atoms with Crippen LogP contribution in [0.4, 0.5) is 11.5 Å². The van der Waals surface area contributed by atoms with Gasteiger partial charge in [0.25, 0.3) is 0 Å². The van der Waals surface area contributed by atoms with Crippen molar-refractivity contribution in [1.29, 1.82) is 0 Å². The molecule has 2 atom stereocenters. The van der Waals surface area contributed by atoms with Crippen LogP contribution < -0.4 is 10.6 Å². The second-order valence-corrected chi connectivity index (χ2v) is 5.68. The molecule has 1 aromatic carbocycles. The van der Waals surface area contributed by atoms with Crippen molar-refractivity contribution in [3.8, 4) is 17.0 Å². The summed E-state index contributed by atoms with van der Waals surface area (Å²) >= 11 is 0. The molecule has 0 radical (unpaired) electrons. The van der Waals surface area contributed by atoms with E-state index in [1.54, 1.807) is 12.1 Å². The van der Waals surface area contributed by atoms with Gasteiger partial charge >= 0.3 is 0 Å². The molecule has 2 aromatic rings. The van der Waals surface area contributed by atoms with Crippen molar-refractivity contribution in [3.05, 3.63) is 30.3 Å². The molecule has 5 heteroatoms. The van der Waals surface area contributed by atoms with Gasteiger partial charge in [-0.3, -0.25) is 0 Å². The van der Waals surface area contributed by atoms with Gasteiger partial charge in [0, 0.05) is 18.7 Å². The highest BCUT2D eigenvalue weighted by atomic mass is 16.3. The van der Waals surface area contributed by atoms with Gasteiger partial charge in [0.15, 0.2) is 5.82 Å². The average molecular weight is 268 g/mol. The molecule has 5 nitrogen and oxygen atoms in total. The Morgan fingerprint density at radius 2 is 1.90 bits per heavy atom. The monoisotopic (exact) mass is 268 g/mol. The summed E-state index contributed by atoms with van der Waals surface area (Å²) in [6.07, 6.45) is 1.35.